The van der Waals surface area contributed by atoms with E-state index in [2.05, 4.69) is 279 Å². The highest BCUT2D eigenvalue weighted by Gasteiger charge is 2.33. The van der Waals surface area contributed by atoms with Crippen molar-refractivity contribution >= 4 is 153 Å². The molecule has 0 saturated carbocycles. The van der Waals surface area contributed by atoms with Crippen LogP contribution in [0.2, 0.25) is 0 Å². The first-order valence-corrected chi connectivity index (χ1v) is 46.5. The Morgan fingerprint density at radius 3 is 0.888 bits per heavy atom. The van der Waals surface area contributed by atoms with Crippen LogP contribution >= 0.6 is 7.14 Å². The molecule has 0 radical (unpaired) electrons. The van der Waals surface area contributed by atoms with Crippen LogP contribution in [-0.4, -0.2) is 49.8 Å². The molecule has 0 N–H and O–H groups in total. The van der Waals surface area contributed by atoms with Gasteiger partial charge in [0, 0.05) is 149 Å². The third-order valence-corrected chi connectivity index (χ3v) is 28.7. The summed E-state index contributed by atoms with van der Waals surface area (Å²) in [4.78, 5) is 51.0. The summed E-state index contributed by atoms with van der Waals surface area (Å²) in [5, 5.41) is 22.8. The van der Waals surface area contributed by atoms with E-state index in [9.17, 15) is 0 Å². The van der Waals surface area contributed by atoms with E-state index in [-0.39, 0.29) is 0 Å². The summed E-state index contributed by atoms with van der Waals surface area (Å²) in [5.74, 6) is 1.35. The first kappa shape index (κ1) is 79.7. The molecule has 0 bridgehead atoms. The summed E-state index contributed by atoms with van der Waals surface area (Å²) in [6, 6.07) is 154. The number of hydrogen-bond donors (Lipinski definition) is 0. The monoisotopic (exact) mass is 1730 g/mol. The summed E-state index contributed by atoms with van der Waals surface area (Å²) in [7, 11) is -3.21. The zero-order valence-corrected chi connectivity index (χ0v) is 73.2. The molecular formula is C122H77N10OP. The van der Waals surface area contributed by atoms with E-state index in [0.717, 1.165) is 187 Å². The van der Waals surface area contributed by atoms with Crippen molar-refractivity contribution in [2.45, 2.75) is 0 Å². The fraction of sp³-hybridized carbons (Fsp3) is 0. The van der Waals surface area contributed by atoms with Crippen molar-refractivity contribution in [3.8, 4) is 102 Å². The predicted molar refractivity (Wildman–Crippen MR) is 556 cm³/mol. The molecule has 8 heterocycles. The lowest BCUT2D eigenvalue weighted by Gasteiger charge is -2.22. The first-order chi connectivity index (χ1) is 66.4. The highest BCUT2D eigenvalue weighted by Crippen LogP contribution is 2.49. The Bertz CT molecular complexity index is 8610. The van der Waals surface area contributed by atoms with Crippen LogP contribution in [0.3, 0.4) is 0 Å². The molecule has 18 aromatic carbocycles. The van der Waals surface area contributed by atoms with E-state index < -0.39 is 7.14 Å². The SMILES string of the molecule is O=P(c1ccccc1)(c1ccccc1)c1ccc(-c2nc3ccccc3c3c2ccc2ccccc23)c2ncccc12.c1ccc(-c2cc(-c3ccc(-c4nc5ccccc5c5c4ccc4ccccc45)c4ncccc34)nc(-c3ccccc3)n2)cc1.c1ccc(-c2cc(-c3ccccc3)nc(-c3ccc(-c4nc5ccccc5c5c4ccc4ccccc45)c4ncccc34)n2)cc1. The highest BCUT2D eigenvalue weighted by atomic mass is 31.2. The minimum absolute atomic E-state index is 0.659. The smallest absolute Gasteiger partial charge is 0.171 e. The molecule has 0 aliphatic rings. The minimum Gasteiger partial charge on any atom is -0.309 e. The van der Waals surface area contributed by atoms with Crippen LogP contribution < -0.4 is 15.9 Å². The second-order valence-corrected chi connectivity index (χ2v) is 36.1. The van der Waals surface area contributed by atoms with Gasteiger partial charge in [-0.05, 0) is 111 Å². The molecule has 26 aromatic rings. The van der Waals surface area contributed by atoms with Crippen molar-refractivity contribution in [1.29, 1.82) is 0 Å². The molecule has 0 unspecified atom stereocenters. The molecule has 0 fully saturated rings. The molecule has 26 rings (SSSR count). The largest absolute Gasteiger partial charge is 0.309 e. The van der Waals surface area contributed by atoms with E-state index in [1.165, 1.54) is 48.5 Å². The summed E-state index contributed by atoms with van der Waals surface area (Å²) < 4.78 is 15.4. The van der Waals surface area contributed by atoms with Crippen molar-refractivity contribution in [2.75, 3.05) is 0 Å². The predicted octanol–water partition coefficient (Wildman–Crippen LogP) is 29.5. The zero-order chi connectivity index (χ0) is 89.0. The van der Waals surface area contributed by atoms with Crippen LogP contribution in [0.5, 0.6) is 0 Å². The quantitative estimate of drug-likeness (QED) is 0.0851. The van der Waals surface area contributed by atoms with Gasteiger partial charge in [-0.15, -0.1) is 0 Å². The minimum atomic E-state index is -3.21. The van der Waals surface area contributed by atoms with E-state index in [0.29, 0.717) is 11.6 Å². The second-order valence-electron chi connectivity index (χ2n) is 33.4. The summed E-state index contributed by atoms with van der Waals surface area (Å²) in [6.45, 7) is 0. The van der Waals surface area contributed by atoms with Crippen molar-refractivity contribution < 1.29 is 4.57 Å². The van der Waals surface area contributed by atoms with Gasteiger partial charge in [0.1, 0.15) is 0 Å². The lowest BCUT2D eigenvalue weighted by molar-refractivity contribution is 0.592. The van der Waals surface area contributed by atoms with Gasteiger partial charge in [-0.2, -0.15) is 0 Å². The highest BCUT2D eigenvalue weighted by molar-refractivity contribution is 7.85. The number of pyridine rings is 6. The van der Waals surface area contributed by atoms with Crippen LogP contribution in [0.25, 0.3) is 232 Å². The van der Waals surface area contributed by atoms with Gasteiger partial charge in [0.05, 0.1) is 73.0 Å². The molecule has 0 aliphatic heterocycles. The number of hydrogen-bond acceptors (Lipinski definition) is 11. The molecule has 0 amide bonds. The van der Waals surface area contributed by atoms with Gasteiger partial charge in [0.15, 0.2) is 18.8 Å². The van der Waals surface area contributed by atoms with Gasteiger partial charge in [0.2, 0.25) is 0 Å². The van der Waals surface area contributed by atoms with Crippen LogP contribution in [0.4, 0.5) is 0 Å². The molecular weight excluding hydrogens is 1650 g/mol. The maximum absolute atomic E-state index is 15.4. The maximum Gasteiger partial charge on any atom is 0.171 e. The Morgan fingerprint density at radius 2 is 0.478 bits per heavy atom. The third-order valence-electron chi connectivity index (χ3n) is 25.6. The first-order valence-electron chi connectivity index (χ1n) is 44.8. The molecule has 134 heavy (non-hydrogen) atoms. The van der Waals surface area contributed by atoms with E-state index in [4.69, 9.17) is 49.8 Å². The van der Waals surface area contributed by atoms with Crippen LogP contribution in [-0.2, 0) is 4.57 Å². The van der Waals surface area contributed by atoms with E-state index in [1.807, 2.05) is 188 Å². The van der Waals surface area contributed by atoms with E-state index in [1.54, 1.807) is 0 Å². The van der Waals surface area contributed by atoms with Crippen LogP contribution in [0.1, 0.15) is 0 Å². The molecule has 0 atom stereocenters. The van der Waals surface area contributed by atoms with E-state index >= 15 is 4.57 Å². The lowest BCUT2D eigenvalue weighted by atomic mass is 9.93. The van der Waals surface area contributed by atoms with Gasteiger partial charge in [-0.1, -0.05) is 370 Å². The normalized spacial score (nSPS) is 11.6. The summed E-state index contributed by atoms with van der Waals surface area (Å²) in [5.41, 5.74) is 20.5. The lowest BCUT2D eigenvalue weighted by Crippen LogP contribution is -2.25. The maximum atomic E-state index is 15.4. The van der Waals surface area contributed by atoms with Gasteiger partial charge in [0.25, 0.3) is 0 Å². The molecule has 0 spiro atoms. The van der Waals surface area contributed by atoms with Crippen molar-refractivity contribution in [3.05, 3.63) is 468 Å². The second kappa shape index (κ2) is 34.1. The standard InChI is InChI=1S/2C42H26N4.C38H25N2OP/c1-3-13-28(14-4-1)37-26-38(46-42(45-37)29-15-5-2-6-16-29)31-23-24-35(40-32(31)19-11-25-43-40)41-34-22-21-27-12-7-8-17-30(27)39(34)33-18-9-10-20-36(33)44-41;1-3-13-28(14-4-1)37-26-38(29-15-5-2-6-16-29)46-42(45-37)32-23-24-35(40-31(32)19-11-25-43-40)41-34-22-21-27-12-7-8-17-30(27)39(34)33-18-9-10-20-36(33)44-41;41-42(27-13-3-1-4-14-27,28-15-5-2-6-16-28)35-24-23-33(37-31(35)19-11-25-39-37)38-32-22-21-26-12-7-8-17-29(26)36(32)30-18-9-10-20-34(30)40-38/h2*1-26H;1-25H. The average Bonchev–Trinajstić information content (AvgIpc) is 0.732. The van der Waals surface area contributed by atoms with Crippen LogP contribution in [0.15, 0.2) is 468 Å². The average molecular weight is 1730 g/mol. The van der Waals surface area contributed by atoms with Gasteiger partial charge in [-0.3, -0.25) is 15.0 Å². The number of para-hydroxylation sites is 3. The Balaban J connectivity index is 0.000000111. The third kappa shape index (κ3) is 14.2. The number of nitrogens with zero attached hydrogens (tertiary/aromatic N) is 10. The van der Waals surface area contributed by atoms with Gasteiger partial charge >= 0.3 is 0 Å². The Morgan fingerprint density at radius 1 is 0.187 bits per heavy atom. The molecule has 0 saturated heterocycles. The molecule has 11 nitrogen and oxygen atoms in total. The summed E-state index contributed by atoms with van der Waals surface area (Å²) in [6.07, 6.45) is 5.52. The molecule has 626 valence electrons. The number of aromatic nitrogens is 10. The van der Waals surface area contributed by atoms with Gasteiger partial charge < -0.3 is 4.57 Å². The zero-order valence-electron chi connectivity index (χ0n) is 72.3. The Hall–Kier alpha value is -17.6. The summed E-state index contributed by atoms with van der Waals surface area (Å²) >= 11 is 0. The number of benzene rings is 18. The molecule has 12 heteroatoms. The van der Waals surface area contributed by atoms with Gasteiger partial charge in [-0.25, -0.2) is 34.9 Å². The van der Waals surface area contributed by atoms with Crippen molar-refractivity contribution in [3.63, 3.8) is 0 Å². The Kier molecular flexibility index (Phi) is 20.3. The fourth-order valence-electron chi connectivity index (χ4n) is 19.4. The van der Waals surface area contributed by atoms with Crippen LogP contribution in [0, 0.1) is 0 Å². The van der Waals surface area contributed by atoms with Crippen molar-refractivity contribution in [1.82, 2.24) is 49.8 Å². The Labute approximate surface area is 771 Å². The topological polar surface area (TPSA) is 146 Å². The fourth-order valence-corrected chi connectivity index (χ4v) is 22.2. The number of fused-ring (bicyclic) bond motifs is 18. The molecule has 8 aromatic heterocycles. The number of rotatable bonds is 12. The van der Waals surface area contributed by atoms with Crippen molar-refractivity contribution in [2.24, 2.45) is 0 Å². The molecule has 0 aliphatic carbocycles.